The molecule has 1 aromatic rings. The lowest BCUT2D eigenvalue weighted by atomic mass is 9.94. The van der Waals surface area contributed by atoms with Crippen LogP contribution in [0.4, 0.5) is 5.95 Å². The quantitative estimate of drug-likeness (QED) is 0.874. The number of piperidine rings is 1. The third-order valence-electron chi connectivity index (χ3n) is 3.50. The molecule has 0 saturated carbocycles. The lowest BCUT2D eigenvalue weighted by molar-refractivity contribution is 0.377. The number of methoxy groups -OCH3 is 1. The standard InChI is InChI=1S/C13H22N4O/c1-10-9-12(18-2)16-13(15-10)17-7-4-11(3-6-14)5-8-17/h9,11H,3-8,14H2,1-2H3. The molecule has 0 atom stereocenters. The molecule has 1 aliphatic heterocycles. The summed E-state index contributed by atoms with van der Waals surface area (Å²) in [5.41, 5.74) is 6.55. The Morgan fingerprint density at radius 1 is 1.39 bits per heavy atom. The topological polar surface area (TPSA) is 64.3 Å². The molecule has 1 saturated heterocycles. The van der Waals surface area contributed by atoms with Gasteiger partial charge in [-0.05, 0) is 38.6 Å². The van der Waals surface area contributed by atoms with Gasteiger partial charge >= 0.3 is 0 Å². The number of rotatable bonds is 4. The number of hydrogen-bond donors (Lipinski definition) is 1. The molecule has 0 aromatic carbocycles. The Balaban J connectivity index is 2.02. The minimum absolute atomic E-state index is 0.640. The molecule has 1 aromatic heterocycles. The van der Waals surface area contributed by atoms with E-state index in [0.29, 0.717) is 5.88 Å². The summed E-state index contributed by atoms with van der Waals surface area (Å²) in [5, 5.41) is 0. The number of aryl methyl sites for hydroxylation is 1. The average molecular weight is 250 g/mol. The largest absolute Gasteiger partial charge is 0.481 e. The van der Waals surface area contributed by atoms with Crippen LogP contribution in [0, 0.1) is 12.8 Å². The van der Waals surface area contributed by atoms with Crippen molar-refractivity contribution >= 4 is 5.95 Å². The zero-order chi connectivity index (χ0) is 13.0. The normalized spacial score (nSPS) is 16.9. The summed E-state index contributed by atoms with van der Waals surface area (Å²) >= 11 is 0. The summed E-state index contributed by atoms with van der Waals surface area (Å²) in [4.78, 5) is 11.1. The van der Waals surface area contributed by atoms with Crippen molar-refractivity contribution in [3.8, 4) is 5.88 Å². The van der Waals surface area contributed by atoms with Crippen LogP contribution < -0.4 is 15.4 Å². The minimum atomic E-state index is 0.640. The lowest BCUT2D eigenvalue weighted by Crippen LogP contribution is -2.35. The van der Waals surface area contributed by atoms with E-state index in [1.165, 1.54) is 12.8 Å². The highest BCUT2D eigenvalue weighted by molar-refractivity contribution is 5.34. The molecule has 0 bridgehead atoms. The molecule has 5 heteroatoms. The summed E-state index contributed by atoms with van der Waals surface area (Å²) in [6.45, 7) is 4.78. The second-order valence-electron chi connectivity index (χ2n) is 4.86. The van der Waals surface area contributed by atoms with Crippen LogP contribution in [-0.2, 0) is 0 Å². The summed E-state index contributed by atoms with van der Waals surface area (Å²) < 4.78 is 5.19. The first-order valence-electron chi connectivity index (χ1n) is 6.57. The second kappa shape index (κ2) is 6.00. The lowest BCUT2D eigenvalue weighted by Gasteiger charge is -2.32. The third-order valence-corrected chi connectivity index (χ3v) is 3.50. The van der Waals surface area contributed by atoms with Crippen molar-refractivity contribution in [2.45, 2.75) is 26.2 Å². The molecule has 2 rings (SSSR count). The van der Waals surface area contributed by atoms with Gasteiger partial charge in [0.15, 0.2) is 0 Å². The van der Waals surface area contributed by atoms with Crippen molar-refractivity contribution in [3.05, 3.63) is 11.8 Å². The van der Waals surface area contributed by atoms with E-state index in [1.54, 1.807) is 7.11 Å². The number of nitrogens with zero attached hydrogens (tertiary/aromatic N) is 3. The van der Waals surface area contributed by atoms with Crippen LogP contribution in [0.25, 0.3) is 0 Å². The first-order valence-corrected chi connectivity index (χ1v) is 6.57. The van der Waals surface area contributed by atoms with Crippen molar-refractivity contribution in [3.63, 3.8) is 0 Å². The first-order chi connectivity index (χ1) is 8.72. The smallest absolute Gasteiger partial charge is 0.228 e. The fourth-order valence-corrected chi connectivity index (χ4v) is 2.43. The summed E-state index contributed by atoms with van der Waals surface area (Å²) in [6.07, 6.45) is 3.49. The van der Waals surface area contributed by atoms with Gasteiger partial charge in [-0.25, -0.2) is 4.98 Å². The van der Waals surface area contributed by atoms with Gasteiger partial charge in [-0.3, -0.25) is 0 Å². The number of nitrogens with two attached hydrogens (primary N) is 1. The molecular weight excluding hydrogens is 228 g/mol. The Labute approximate surface area is 108 Å². The average Bonchev–Trinajstić information content (AvgIpc) is 2.39. The summed E-state index contributed by atoms with van der Waals surface area (Å²) in [7, 11) is 1.64. The van der Waals surface area contributed by atoms with Gasteiger partial charge in [0.2, 0.25) is 11.8 Å². The Hall–Kier alpha value is -1.36. The zero-order valence-electron chi connectivity index (χ0n) is 11.2. The van der Waals surface area contributed by atoms with Crippen LogP contribution in [-0.4, -0.2) is 36.7 Å². The van der Waals surface area contributed by atoms with E-state index in [0.717, 1.165) is 43.6 Å². The summed E-state index contributed by atoms with van der Waals surface area (Å²) in [5.74, 6) is 2.19. The minimum Gasteiger partial charge on any atom is -0.481 e. The van der Waals surface area contributed by atoms with E-state index in [4.69, 9.17) is 10.5 Å². The highest BCUT2D eigenvalue weighted by Crippen LogP contribution is 2.24. The number of hydrogen-bond acceptors (Lipinski definition) is 5. The van der Waals surface area contributed by atoms with E-state index in [1.807, 2.05) is 13.0 Å². The highest BCUT2D eigenvalue weighted by Gasteiger charge is 2.20. The second-order valence-corrected chi connectivity index (χ2v) is 4.86. The zero-order valence-corrected chi connectivity index (χ0v) is 11.2. The first kappa shape index (κ1) is 13.1. The molecule has 0 spiro atoms. The van der Waals surface area contributed by atoms with Crippen LogP contribution in [0.2, 0.25) is 0 Å². The van der Waals surface area contributed by atoms with Crippen LogP contribution in [0.1, 0.15) is 25.0 Å². The SMILES string of the molecule is COc1cc(C)nc(N2CCC(CCN)CC2)n1. The van der Waals surface area contributed by atoms with E-state index >= 15 is 0 Å². The molecule has 0 unspecified atom stereocenters. The van der Waals surface area contributed by atoms with Gasteiger partial charge in [-0.1, -0.05) is 0 Å². The number of anilines is 1. The molecule has 2 heterocycles. The van der Waals surface area contributed by atoms with Gasteiger partial charge in [0.05, 0.1) is 7.11 Å². The summed E-state index contributed by atoms with van der Waals surface area (Å²) in [6, 6.07) is 1.85. The maximum absolute atomic E-state index is 5.61. The molecule has 100 valence electrons. The molecule has 5 nitrogen and oxygen atoms in total. The fraction of sp³-hybridized carbons (Fsp3) is 0.692. The van der Waals surface area contributed by atoms with Gasteiger partial charge in [-0.15, -0.1) is 0 Å². The van der Waals surface area contributed by atoms with Crippen LogP contribution in [0.15, 0.2) is 6.07 Å². The maximum atomic E-state index is 5.61. The highest BCUT2D eigenvalue weighted by atomic mass is 16.5. The molecule has 1 fully saturated rings. The van der Waals surface area contributed by atoms with Gasteiger partial charge in [0.1, 0.15) is 0 Å². The van der Waals surface area contributed by atoms with Gasteiger partial charge < -0.3 is 15.4 Å². The van der Waals surface area contributed by atoms with E-state index < -0.39 is 0 Å². The van der Waals surface area contributed by atoms with Gasteiger partial charge in [0, 0.05) is 24.8 Å². The van der Waals surface area contributed by atoms with Crippen molar-refractivity contribution in [1.29, 1.82) is 0 Å². The van der Waals surface area contributed by atoms with Crippen LogP contribution >= 0.6 is 0 Å². The molecule has 18 heavy (non-hydrogen) atoms. The van der Waals surface area contributed by atoms with E-state index in [2.05, 4.69) is 14.9 Å². The maximum Gasteiger partial charge on any atom is 0.228 e. The molecule has 2 N–H and O–H groups in total. The van der Waals surface area contributed by atoms with Gasteiger partial charge in [0.25, 0.3) is 0 Å². The Kier molecular flexibility index (Phi) is 4.36. The molecule has 0 aliphatic carbocycles. The molecular formula is C13H22N4O. The van der Waals surface area contributed by atoms with Crippen LogP contribution in [0.3, 0.4) is 0 Å². The Bertz CT molecular complexity index is 389. The third kappa shape index (κ3) is 3.10. The van der Waals surface area contributed by atoms with Crippen molar-refractivity contribution in [2.75, 3.05) is 31.6 Å². The van der Waals surface area contributed by atoms with Crippen molar-refractivity contribution < 1.29 is 4.74 Å². The molecule has 1 aliphatic rings. The predicted molar refractivity (Wildman–Crippen MR) is 71.9 cm³/mol. The van der Waals surface area contributed by atoms with Gasteiger partial charge in [-0.2, -0.15) is 4.98 Å². The van der Waals surface area contributed by atoms with E-state index in [9.17, 15) is 0 Å². The Morgan fingerprint density at radius 3 is 2.72 bits per heavy atom. The fourth-order valence-electron chi connectivity index (χ4n) is 2.43. The van der Waals surface area contributed by atoms with Crippen molar-refractivity contribution in [2.24, 2.45) is 11.7 Å². The van der Waals surface area contributed by atoms with E-state index in [-0.39, 0.29) is 0 Å². The number of ether oxygens (including phenoxy) is 1. The van der Waals surface area contributed by atoms with Crippen LogP contribution in [0.5, 0.6) is 5.88 Å². The molecule has 0 amide bonds. The predicted octanol–water partition coefficient (Wildman–Crippen LogP) is 1.36. The number of aromatic nitrogens is 2. The molecule has 0 radical (unpaired) electrons. The van der Waals surface area contributed by atoms with Crippen molar-refractivity contribution in [1.82, 2.24) is 9.97 Å². The monoisotopic (exact) mass is 250 g/mol. The Morgan fingerprint density at radius 2 is 2.11 bits per heavy atom.